The number of carbonyl (C=O) groups is 1. The van der Waals surface area contributed by atoms with E-state index in [1.54, 1.807) is 23.7 Å². The lowest BCUT2D eigenvalue weighted by atomic mass is 9.98. The van der Waals surface area contributed by atoms with Gasteiger partial charge in [-0.05, 0) is 49.2 Å². The maximum absolute atomic E-state index is 13.6. The van der Waals surface area contributed by atoms with E-state index in [4.69, 9.17) is 20.8 Å². The summed E-state index contributed by atoms with van der Waals surface area (Å²) in [6.07, 6.45) is 1.63. The molecule has 1 aliphatic rings. The van der Waals surface area contributed by atoms with Gasteiger partial charge in [0.1, 0.15) is 11.3 Å². The second-order valence-corrected chi connectivity index (χ2v) is 8.45. The number of halogens is 1. The number of rotatable bonds is 4. The summed E-state index contributed by atoms with van der Waals surface area (Å²) in [7, 11) is 0. The average Bonchev–Trinajstić information content (AvgIpc) is 3.37. The predicted molar refractivity (Wildman–Crippen MR) is 121 cm³/mol. The Morgan fingerprint density at radius 1 is 1.23 bits per heavy atom. The number of amides is 1. The zero-order chi connectivity index (χ0) is 21.7. The monoisotopic (exact) mass is 452 g/mol. The molecule has 2 aromatic heterocycles. The van der Waals surface area contributed by atoms with E-state index in [0.717, 1.165) is 11.1 Å². The summed E-state index contributed by atoms with van der Waals surface area (Å²) in [6, 6.07) is 9.97. The molecule has 2 aromatic carbocycles. The molecule has 0 fully saturated rings. The van der Waals surface area contributed by atoms with Crippen LogP contribution in [0.5, 0.6) is 5.75 Å². The second-order valence-electron chi connectivity index (χ2n) is 7.17. The van der Waals surface area contributed by atoms with Crippen molar-refractivity contribution in [2.75, 3.05) is 11.5 Å². The summed E-state index contributed by atoms with van der Waals surface area (Å²) in [6.45, 7) is 4.28. The third-order valence-electron chi connectivity index (χ3n) is 5.28. The number of anilines is 1. The minimum Gasteiger partial charge on any atom is -0.494 e. The molecule has 3 heterocycles. The van der Waals surface area contributed by atoms with E-state index in [9.17, 15) is 9.59 Å². The molecule has 8 heteroatoms. The highest BCUT2D eigenvalue weighted by molar-refractivity contribution is 7.13. The number of benzene rings is 2. The number of hydrogen-bond donors (Lipinski definition) is 0. The highest BCUT2D eigenvalue weighted by Crippen LogP contribution is 2.42. The van der Waals surface area contributed by atoms with Crippen molar-refractivity contribution < 1.29 is 13.9 Å². The van der Waals surface area contributed by atoms with Crippen LogP contribution in [-0.2, 0) is 0 Å². The molecule has 0 saturated carbocycles. The number of ether oxygens (including phenoxy) is 1. The Morgan fingerprint density at radius 2 is 2.00 bits per heavy atom. The van der Waals surface area contributed by atoms with Gasteiger partial charge in [-0.25, -0.2) is 4.98 Å². The van der Waals surface area contributed by atoms with Crippen molar-refractivity contribution in [2.45, 2.75) is 19.9 Å². The zero-order valence-electron chi connectivity index (χ0n) is 16.7. The summed E-state index contributed by atoms with van der Waals surface area (Å²) < 4.78 is 11.5. The molecule has 0 N–H and O–H groups in total. The van der Waals surface area contributed by atoms with Crippen LogP contribution in [0.25, 0.3) is 11.0 Å². The lowest BCUT2D eigenvalue weighted by Gasteiger charge is -2.22. The van der Waals surface area contributed by atoms with Gasteiger partial charge in [-0.3, -0.25) is 14.5 Å². The van der Waals surface area contributed by atoms with Crippen molar-refractivity contribution in [1.82, 2.24) is 4.98 Å². The highest BCUT2D eigenvalue weighted by atomic mass is 35.5. The van der Waals surface area contributed by atoms with E-state index in [1.165, 1.54) is 16.2 Å². The Kier molecular flexibility index (Phi) is 4.79. The van der Waals surface area contributed by atoms with Gasteiger partial charge in [0.15, 0.2) is 10.6 Å². The Labute approximate surface area is 186 Å². The van der Waals surface area contributed by atoms with E-state index >= 15 is 0 Å². The smallest absolute Gasteiger partial charge is 0.297 e. The van der Waals surface area contributed by atoms with Crippen LogP contribution < -0.4 is 15.1 Å². The number of aryl methyl sites for hydroxylation is 1. The number of nitrogens with zero attached hydrogens (tertiary/aromatic N) is 2. The fourth-order valence-electron chi connectivity index (χ4n) is 3.85. The Bertz CT molecular complexity index is 1360. The highest BCUT2D eigenvalue weighted by Gasteiger charge is 2.44. The normalized spacial score (nSPS) is 15.5. The van der Waals surface area contributed by atoms with E-state index in [1.807, 2.05) is 38.1 Å². The molecule has 1 unspecified atom stereocenters. The van der Waals surface area contributed by atoms with Gasteiger partial charge >= 0.3 is 0 Å². The van der Waals surface area contributed by atoms with Crippen molar-refractivity contribution in [3.63, 3.8) is 0 Å². The van der Waals surface area contributed by atoms with E-state index < -0.39 is 11.9 Å². The molecule has 31 heavy (non-hydrogen) atoms. The quantitative estimate of drug-likeness (QED) is 0.416. The predicted octanol–water partition coefficient (Wildman–Crippen LogP) is 5.36. The van der Waals surface area contributed by atoms with Gasteiger partial charge in [0.05, 0.1) is 23.6 Å². The van der Waals surface area contributed by atoms with Crippen molar-refractivity contribution in [3.8, 4) is 5.75 Å². The first kappa shape index (κ1) is 19.8. The fraction of sp³-hybridized carbons (Fsp3) is 0.174. The Morgan fingerprint density at radius 3 is 2.68 bits per heavy atom. The maximum atomic E-state index is 13.6. The van der Waals surface area contributed by atoms with Crippen molar-refractivity contribution in [3.05, 3.63) is 85.7 Å². The van der Waals surface area contributed by atoms with Crippen LogP contribution in [0.1, 0.15) is 40.2 Å². The van der Waals surface area contributed by atoms with Gasteiger partial charge in [-0.2, -0.15) is 0 Å². The SMILES string of the molecule is CCOc1ccc(C2c3c(oc4cc(C)c(Cl)cc4c3=O)C(=O)N2c2nccs2)cc1. The maximum Gasteiger partial charge on any atom is 0.297 e. The number of aromatic nitrogens is 1. The molecule has 1 aliphatic heterocycles. The van der Waals surface area contributed by atoms with Crippen molar-refractivity contribution in [2.24, 2.45) is 0 Å². The largest absolute Gasteiger partial charge is 0.494 e. The van der Waals surface area contributed by atoms with Crippen LogP contribution >= 0.6 is 22.9 Å². The minimum absolute atomic E-state index is 0.0355. The molecular formula is C23H17ClN2O4S. The topological polar surface area (TPSA) is 72.6 Å². The molecular weight excluding hydrogens is 436 g/mol. The molecule has 0 saturated heterocycles. The zero-order valence-corrected chi connectivity index (χ0v) is 18.3. The van der Waals surface area contributed by atoms with Gasteiger partial charge < -0.3 is 9.15 Å². The fourth-order valence-corrected chi connectivity index (χ4v) is 4.68. The lowest BCUT2D eigenvalue weighted by Crippen LogP contribution is -2.29. The molecule has 0 aliphatic carbocycles. The molecule has 156 valence electrons. The molecule has 0 bridgehead atoms. The van der Waals surface area contributed by atoms with E-state index in [-0.39, 0.29) is 16.8 Å². The van der Waals surface area contributed by atoms with Gasteiger partial charge in [-0.1, -0.05) is 23.7 Å². The van der Waals surface area contributed by atoms with Gasteiger partial charge in [0.2, 0.25) is 5.76 Å². The van der Waals surface area contributed by atoms with Crippen molar-refractivity contribution >= 4 is 44.9 Å². The number of fused-ring (bicyclic) bond motifs is 2. The molecule has 4 aromatic rings. The Hall–Kier alpha value is -3.16. The van der Waals surface area contributed by atoms with Gasteiger partial charge in [-0.15, -0.1) is 11.3 Å². The van der Waals surface area contributed by atoms with Crippen LogP contribution in [-0.4, -0.2) is 17.5 Å². The molecule has 5 rings (SSSR count). The van der Waals surface area contributed by atoms with Gasteiger partial charge in [0, 0.05) is 16.6 Å². The first-order valence-corrected chi connectivity index (χ1v) is 11.0. The number of carbonyl (C=O) groups excluding carboxylic acids is 1. The molecule has 6 nitrogen and oxygen atoms in total. The van der Waals surface area contributed by atoms with Crippen LogP contribution in [0.4, 0.5) is 5.13 Å². The van der Waals surface area contributed by atoms with E-state index in [2.05, 4.69) is 4.98 Å². The first-order valence-electron chi connectivity index (χ1n) is 9.72. The van der Waals surface area contributed by atoms with Crippen LogP contribution in [0.2, 0.25) is 5.02 Å². The molecule has 0 spiro atoms. The van der Waals surface area contributed by atoms with Crippen molar-refractivity contribution in [1.29, 1.82) is 0 Å². The summed E-state index contributed by atoms with van der Waals surface area (Å²) in [4.78, 5) is 32.8. The first-order chi connectivity index (χ1) is 15.0. The number of hydrogen-bond acceptors (Lipinski definition) is 6. The van der Waals surface area contributed by atoms with E-state index in [0.29, 0.717) is 33.5 Å². The standard InChI is InChI=1S/C23H17ClN2O4S/c1-3-29-14-6-4-13(5-7-14)19-18-20(27)15-11-16(24)12(2)10-17(15)30-21(18)22(28)26(19)23-25-8-9-31-23/h4-11,19H,3H2,1-2H3. The minimum atomic E-state index is -0.662. The summed E-state index contributed by atoms with van der Waals surface area (Å²) >= 11 is 7.59. The van der Waals surface area contributed by atoms with Crippen LogP contribution in [0.15, 0.2) is 57.2 Å². The third-order valence-corrected chi connectivity index (χ3v) is 6.46. The summed E-state index contributed by atoms with van der Waals surface area (Å²) in [5.41, 5.74) is 1.88. The molecule has 0 radical (unpaired) electrons. The summed E-state index contributed by atoms with van der Waals surface area (Å²) in [5, 5.41) is 3.10. The number of thiazole rings is 1. The third kappa shape index (κ3) is 3.12. The van der Waals surface area contributed by atoms with Crippen LogP contribution in [0, 0.1) is 6.92 Å². The summed E-state index contributed by atoms with van der Waals surface area (Å²) in [5.74, 6) is 0.355. The van der Waals surface area contributed by atoms with Crippen LogP contribution in [0.3, 0.4) is 0 Å². The second kappa shape index (κ2) is 7.51. The molecule has 1 amide bonds. The lowest BCUT2D eigenvalue weighted by molar-refractivity contribution is 0.0971. The van der Waals surface area contributed by atoms with Gasteiger partial charge in [0.25, 0.3) is 5.91 Å². The average molecular weight is 453 g/mol. The Balaban J connectivity index is 1.77. The molecule has 1 atom stereocenters.